The molecule has 2 heteroatoms. The molecule has 0 saturated carbocycles. The third-order valence-corrected chi connectivity index (χ3v) is 4.59. The maximum absolute atomic E-state index is 5.08. The van der Waals surface area contributed by atoms with Crippen LogP contribution < -0.4 is 5.32 Å². The van der Waals surface area contributed by atoms with Crippen molar-refractivity contribution in [3.05, 3.63) is 34.9 Å². The van der Waals surface area contributed by atoms with E-state index in [2.05, 4.69) is 37.4 Å². The first-order chi connectivity index (χ1) is 10.1. The van der Waals surface area contributed by atoms with Crippen molar-refractivity contribution in [3.63, 3.8) is 0 Å². The van der Waals surface area contributed by atoms with Crippen LogP contribution in [0.15, 0.2) is 18.2 Å². The predicted molar refractivity (Wildman–Crippen MR) is 89.9 cm³/mol. The highest BCUT2D eigenvalue weighted by atomic mass is 16.5. The topological polar surface area (TPSA) is 21.3 Å². The fourth-order valence-electron chi connectivity index (χ4n) is 3.11. The lowest BCUT2D eigenvalue weighted by molar-refractivity contribution is 0.193. The highest BCUT2D eigenvalue weighted by molar-refractivity contribution is 5.33. The third-order valence-electron chi connectivity index (χ3n) is 4.59. The van der Waals surface area contributed by atoms with Crippen molar-refractivity contribution >= 4 is 0 Å². The lowest BCUT2D eigenvalue weighted by atomic mass is 9.84. The molecule has 0 fully saturated rings. The van der Waals surface area contributed by atoms with E-state index in [9.17, 15) is 0 Å². The Bertz CT molecular complexity index is 439. The van der Waals surface area contributed by atoms with Gasteiger partial charge in [0.05, 0.1) is 6.61 Å². The molecule has 0 aliphatic heterocycles. The second-order valence-electron chi connectivity index (χ2n) is 7.14. The van der Waals surface area contributed by atoms with Crippen molar-refractivity contribution in [2.45, 2.75) is 52.4 Å². The lowest BCUT2D eigenvalue weighted by Gasteiger charge is -2.25. The van der Waals surface area contributed by atoms with Crippen molar-refractivity contribution in [2.75, 3.05) is 26.8 Å². The molecule has 118 valence electrons. The van der Waals surface area contributed by atoms with Gasteiger partial charge in [-0.25, -0.2) is 0 Å². The summed E-state index contributed by atoms with van der Waals surface area (Å²) in [6.45, 7) is 7.50. The van der Waals surface area contributed by atoms with E-state index in [1.807, 2.05) is 0 Å². The molecule has 0 bridgehead atoms. The fraction of sp³-hybridized carbons (Fsp3) is 0.684. The Morgan fingerprint density at radius 1 is 1.14 bits per heavy atom. The first-order valence-electron chi connectivity index (χ1n) is 8.41. The van der Waals surface area contributed by atoms with Crippen molar-refractivity contribution in [2.24, 2.45) is 5.41 Å². The lowest BCUT2D eigenvalue weighted by Crippen LogP contribution is -2.32. The maximum Gasteiger partial charge on any atom is 0.0587 e. The van der Waals surface area contributed by atoms with Gasteiger partial charge in [-0.1, -0.05) is 32.0 Å². The van der Waals surface area contributed by atoms with Crippen LogP contribution in [0.4, 0.5) is 0 Å². The van der Waals surface area contributed by atoms with Crippen molar-refractivity contribution < 1.29 is 4.74 Å². The molecule has 0 radical (unpaired) electrons. The minimum atomic E-state index is 0.337. The molecule has 0 aromatic heterocycles. The van der Waals surface area contributed by atoms with Gasteiger partial charge in [0, 0.05) is 20.2 Å². The number of nitrogens with one attached hydrogen (secondary N) is 1. The molecule has 2 rings (SSSR count). The standard InChI is InChI=1S/C19H31NO/c1-19(2,15-20-12-13-21-3)11-10-16-8-9-17-6-4-5-7-18(17)14-16/h8-9,14,20H,4-7,10-13,15H2,1-3H3. The first kappa shape index (κ1) is 16.5. The first-order valence-corrected chi connectivity index (χ1v) is 8.41. The molecule has 0 spiro atoms. The summed E-state index contributed by atoms with van der Waals surface area (Å²) < 4.78 is 5.08. The number of rotatable bonds is 8. The van der Waals surface area contributed by atoms with Gasteiger partial charge in [0.1, 0.15) is 0 Å². The van der Waals surface area contributed by atoms with E-state index in [4.69, 9.17) is 4.74 Å². The highest BCUT2D eigenvalue weighted by Crippen LogP contribution is 2.26. The van der Waals surface area contributed by atoms with Gasteiger partial charge in [0.25, 0.3) is 0 Å². The van der Waals surface area contributed by atoms with E-state index >= 15 is 0 Å². The SMILES string of the molecule is COCCNCC(C)(C)CCc1ccc2c(c1)CCCC2. The normalized spacial score (nSPS) is 15.0. The van der Waals surface area contributed by atoms with Gasteiger partial charge < -0.3 is 10.1 Å². The largest absolute Gasteiger partial charge is 0.383 e. The molecular weight excluding hydrogens is 258 g/mol. The van der Waals surface area contributed by atoms with Crippen LogP contribution in [0.3, 0.4) is 0 Å². The third kappa shape index (κ3) is 5.44. The van der Waals surface area contributed by atoms with Crippen LogP contribution in [0.5, 0.6) is 0 Å². The van der Waals surface area contributed by atoms with Gasteiger partial charge in [-0.15, -0.1) is 0 Å². The molecule has 1 aromatic rings. The van der Waals surface area contributed by atoms with Crippen LogP contribution in [0.1, 0.15) is 49.8 Å². The van der Waals surface area contributed by atoms with Crippen LogP contribution in [-0.2, 0) is 24.0 Å². The minimum absolute atomic E-state index is 0.337. The number of fused-ring (bicyclic) bond motifs is 1. The zero-order valence-corrected chi connectivity index (χ0v) is 14.0. The summed E-state index contributed by atoms with van der Waals surface area (Å²) in [5.74, 6) is 0. The monoisotopic (exact) mass is 289 g/mol. The van der Waals surface area contributed by atoms with Crippen LogP contribution in [0.25, 0.3) is 0 Å². The summed E-state index contributed by atoms with van der Waals surface area (Å²) >= 11 is 0. The Kier molecular flexibility index (Phi) is 6.25. The summed E-state index contributed by atoms with van der Waals surface area (Å²) in [5.41, 5.74) is 5.05. The number of benzene rings is 1. The highest BCUT2D eigenvalue weighted by Gasteiger charge is 2.17. The summed E-state index contributed by atoms with van der Waals surface area (Å²) in [7, 11) is 1.75. The van der Waals surface area contributed by atoms with E-state index in [0.29, 0.717) is 5.41 Å². The van der Waals surface area contributed by atoms with Crippen LogP contribution in [-0.4, -0.2) is 26.8 Å². The number of aryl methyl sites for hydroxylation is 3. The van der Waals surface area contributed by atoms with Crippen LogP contribution >= 0.6 is 0 Å². The number of hydrogen-bond donors (Lipinski definition) is 1. The molecule has 2 nitrogen and oxygen atoms in total. The molecule has 0 heterocycles. The molecule has 0 saturated heterocycles. The van der Waals surface area contributed by atoms with Gasteiger partial charge >= 0.3 is 0 Å². The Balaban J connectivity index is 1.81. The molecule has 1 aliphatic carbocycles. The molecule has 1 aromatic carbocycles. The second kappa shape index (κ2) is 7.95. The molecule has 1 aliphatic rings. The van der Waals surface area contributed by atoms with Crippen LogP contribution in [0, 0.1) is 5.41 Å². The van der Waals surface area contributed by atoms with E-state index in [1.54, 1.807) is 18.2 Å². The average Bonchev–Trinajstić information content (AvgIpc) is 2.49. The Hall–Kier alpha value is -0.860. The Morgan fingerprint density at radius 2 is 1.90 bits per heavy atom. The molecule has 1 N–H and O–H groups in total. The average molecular weight is 289 g/mol. The summed E-state index contributed by atoms with van der Waals surface area (Å²) in [5, 5.41) is 3.49. The van der Waals surface area contributed by atoms with Gasteiger partial charge in [-0.05, 0) is 60.6 Å². The number of methoxy groups -OCH3 is 1. The Labute approximate surface area is 130 Å². The smallest absolute Gasteiger partial charge is 0.0587 e. The fourth-order valence-corrected chi connectivity index (χ4v) is 3.11. The number of hydrogen-bond acceptors (Lipinski definition) is 2. The van der Waals surface area contributed by atoms with E-state index in [0.717, 1.165) is 19.7 Å². The van der Waals surface area contributed by atoms with E-state index in [1.165, 1.54) is 44.1 Å². The molecule has 0 amide bonds. The zero-order valence-electron chi connectivity index (χ0n) is 14.0. The number of ether oxygens (including phenoxy) is 1. The van der Waals surface area contributed by atoms with Crippen molar-refractivity contribution in [3.8, 4) is 0 Å². The van der Waals surface area contributed by atoms with Gasteiger partial charge in [0.2, 0.25) is 0 Å². The molecule has 21 heavy (non-hydrogen) atoms. The summed E-state index contributed by atoms with van der Waals surface area (Å²) in [4.78, 5) is 0. The predicted octanol–water partition coefficient (Wildman–Crippen LogP) is 3.76. The molecule has 0 unspecified atom stereocenters. The second-order valence-corrected chi connectivity index (χ2v) is 7.14. The van der Waals surface area contributed by atoms with Gasteiger partial charge in [-0.2, -0.15) is 0 Å². The van der Waals surface area contributed by atoms with E-state index < -0.39 is 0 Å². The van der Waals surface area contributed by atoms with Crippen molar-refractivity contribution in [1.29, 1.82) is 0 Å². The van der Waals surface area contributed by atoms with Crippen molar-refractivity contribution in [1.82, 2.24) is 5.32 Å². The summed E-state index contributed by atoms with van der Waals surface area (Å²) in [6.07, 6.45) is 7.71. The zero-order chi connectivity index (χ0) is 15.1. The molecule has 0 atom stereocenters. The maximum atomic E-state index is 5.08. The van der Waals surface area contributed by atoms with E-state index in [-0.39, 0.29) is 0 Å². The molecular formula is C19H31NO. The van der Waals surface area contributed by atoms with Gasteiger partial charge in [-0.3, -0.25) is 0 Å². The Morgan fingerprint density at radius 3 is 2.67 bits per heavy atom. The quantitative estimate of drug-likeness (QED) is 0.736. The van der Waals surface area contributed by atoms with Crippen LogP contribution in [0.2, 0.25) is 0 Å². The van der Waals surface area contributed by atoms with Gasteiger partial charge in [0.15, 0.2) is 0 Å². The minimum Gasteiger partial charge on any atom is -0.383 e. The summed E-state index contributed by atoms with van der Waals surface area (Å²) in [6, 6.07) is 7.18.